The number of halogens is 1. The summed E-state index contributed by atoms with van der Waals surface area (Å²) in [5.74, 6) is 0. The van der Waals surface area contributed by atoms with Crippen LogP contribution < -0.4 is 10.6 Å². The molecule has 1 aromatic heterocycles. The second kappa shape index (κ2) is 5.70. The number of anilines is 1. The quantitative estimate of drug-likeness (QED) is 0.927. The van der Waals surface area contributed by atoms with Gasteiger partial charge in [0.2, 0.25) is 0 Å². The van der Waals surface area contributed by atoms with Crippen molar-refractivity contribution in [2.24, 2.45) is 5.73 Å². The highest BCUT2D eigenvalue weighted by molar-refractivity contribution is 6.30. The Bertz CT molecular complexity index is 642. The van der Waals surface area contributed by atoms with Crippen molar-refractivity contribution in [1.29, 1.82) is 0 Å². The highest BCUT2D eigenvalue weighted by atomic mass is 35.5. The molecule has 1 aliphatic heterocycles. The Labute approximate surface area is 130 Å². The first kappa shape index (κ1) is 14.4. The molecule has 0 aliphatic carbocycles. The molecular weight excluding hydrogens is 284 g/mol. The fraction of sp³-hybridized carbons (Fsp3) is 0.438. The van der Waals surface area contributed by atoms with Gasteiger partial charge in [0.15, 0.2) is 0 Å². The van der Waals surface area contributed by atoms with Crippen LogP contribution in [0.4, 0.5) is 5.69 Å². The molecule has 1 saturated heterocycles. The van der Waals surface area contributed by atoms with Gasteiger partial charge in [-0.3, -0.25) is 0 Å². The maximum absolute atomic E-state index is 6.09. The summed E-state index contributed by atoms with van der Waals surface area (Å²) in [5, 5.41) is 5.43. The number of aryl methyl sites for hydroxylation is 1. The summed E-state index contributed by atoms with van der Waals surface area (Å²) in [5.41, 5.74) is 10.5. The van der Waals surface area contributed by atoms with Crippen LogP contribution in [0.1, 0.15) is 24.2 Å². The SMILES string of the molecule is Cc1nn(-c2cccc(Cl)c2)c(C)c1N1CCC(N)CC1. The van der Waals surface area contributed by atoms with E-state index in [1.54, 1.807) is 0 Å². The lowest BCUT2D eigenvalue weighted by Crippen LogP contribution is -2.40. The molecule has 0 amide bonds. The molecule has 0 radical (unpaired) electrons. The Kier molecular flexibility index (Phi) is 3.91. The number of hydrogen-bond acceptors (Lipinski definition) is 3. The van der Waals surface area contributed by atoms with Gasteiger partial charge in [-0.15, -0.1) is 0 Å². The van der Waals surface area contributed by atoms with Gasteiger partial charge >= 0.3 is 0 Å². The fourth-order valence-corrected chi connectivity index (χ4v) is 3.26. The van der Waals surface area contributed by atoms with E-state index in [0.717, 1.165) is 48.0 Å². The molecule has 0 unspecified atom stereocenters. The van der Waals surface area contributed by atoms with E-state index < -0.39 is 0 Å². The van der Waals surface area contributed by atoms with E-state index in [1.807, 2.05) is 28.9 Å². The lowest BCUT2D eigenvalue weighted by molar-refractivity contribution is 0.500. The van der Waals surface area contributed by atoms with Crippen molar-refractivity contribution in [3.63, 3.8) is 0 Å². The standard InChI is InChI=1S/C16H21ClN4/c1-11-16(20-8-6-14(18)7-9-20)12(2)21(19-11)15-5-3-4-13(17)10-15/h3-5,10,14H,6-9,18H2,1-2H3. The number of piperidine rings is 1. The molecule has 1 aromatic carbocycles. The van der Waals surface area contributed by atoms with Gasteiger partial charge in [-0.25, -0.2) is 4.68 Å². The summed E-state index contributed by atoms with van der Waals surface area (Å²) >= 11 is 6.09. The number of aromatic nitrogens is 2. The van der Waals surface area contributed by atoms with Gasteiger partial charge in [0.1, 0.15) is 0 Å². The van der Waals surface area contributed by atoms with Crippen LogP contribution in [-0.4, -0.2) is 28.9 Å². The van der Waals surface area contributed by atoms with E-state index in [-0.39, 0.29) is 0 Å². The van der Waals surface area contributed by atoms with Crippen molar-refractivity contribution < 1.29 is 0 Å². The molecule has 4 nitrogen and oxygen atoms in total. The van der Waals surface area contributed by atoms with Crippen molar-refractivity contribution in [2.45, 2.75) is 32.7 Å². The molecule has 5 heteroatoms. The lowest BCUT2D eigenvalue weighted by atomic mass is 10.1. The molecule has 2 N–H and O–H groups in total. The maximum atomic E-state index is 6.09. The molecular formula is C16H21ClN4. The third-order valence-electron chi connectivity index (χ3n) is 4.16. The molecule has 21 heavy (non-hydrogen) atoms. The van der Waals surface area contributed by atoms with Crippen LogP contribution in [-0.2, 0) is 0 Å². The van der Waals surface area contributed by atoms with E-state index in [1.165, 1.54) is 5.69 Å². The summed E-state index contributed by atoms with van der Waals surface area (Å²) < 4.78 is 1.98. The van der Waals surface area contributed by atoms with Crippen LogP contribution in [0.3, 0.4) is 0 Å². The Balaban J connectivity index is 1.97. The summed E-state index contributed by atoms with van der Waals surface area (Å²) in [4.78, 5) is 2.40. The van der Waals surface area contributed by atoms with Crippen LogP contribution in [0.15, 0.2) is 24.3 Å². The Morgan fingerprint density at radius 2 is 1.95 bits per heavy atom. The minimum absolute atomic E-state index is 0.338. The molecule has 3 rings (SSSR count). The molecule has 1 aliphatic rings. The average molecular weight is 305 g/mol. The first-order valence-corrected chi connectivity index (χ1v) is 7.77. The summed E-state index contributed by atoms with van der Waals surface area (Å²) in [6.07, 6.45) is 2.09. The van der Waals surface area contributed by atoms with E-state index in [9.17, 15) is 0 Å². The van der Waals surface area contributed by atoms with Crippen LogP contribution in [0, 0.1) is 13.8 Å². The summed E-state index contributed by atoms with van der Waals surface area (Å²) in [7, 11) is 0. The van der Waals surface area contributed by atoms with Crippen molar-refractivity contribution in [2.75, 3.05) is 18.0 Å². The van der Waals surface area contributed by atoms with Crippen LogP contribution >= 0.6 is 11.6 Å². The van der Waals surface area contributed by atoms with Crippen LogP contribution in [0.25, 0.3) is 5.69 Å². The van der Waals surface area contributed by atoms with Gasteiger partial charge in [-0.2, -0.15) is 5.10 Å². The van der Waals surface area contributed by atoms with Crippen LogP contribution in [0.5, 0.6) is 0 Å². The number of nitrogens with two attached hydrogens (primary N) is 1. The molecule has 0 saturated carbocycles. The smallest absolute Gasteiger partial charge is 0.0834 e. The monoisotopic (exact) mass is 304 g/mol. The molecule has 0 spiro atoms. The van der Waals surface area contributed by atoms with E-state index in [2.05, 4.69) is 18.7 Å². The van der Waals surface area contributed by atoms with Crippen molar-refractivity contribution in [3.05, 3.63) is 40.7 Å². The van der Waals surface area contributed by atoms with Gasteiger partial charge in [0, 0.05) is 24.2 Å². The van der Waals surface area contributed by atoms with Crippen LogP contribution in [0.2, 0.25) is 5.02 Å². The maximum Gasteiger partial charge on any atom is 0.0834 e. The second-order valence-electron chi connectivity index (χ2n) is 5.74. The summed E-state index contributed by atoms with van der Waals surface area (Å²) in [6, 6.07) is 8.14. The predicted molar refractivity (Wildman–Crippen MR) is 87.5 cm³/mol. The zero-order valence-corrected chi connectivity index (χ0v) is 13.3. The minimum atomic E-state index is 0.338. The lowest BCUT2D eigenvalue weighted by Gasteiger charge is -2.32. The zero-order valence-electron chi connectivity index (χ0n) is 12.5. The summed E-state index contributed by atoms with van der Waals surface area (Å²) in [6.45, 7) is 6.19. The Morgan fingerprint density at radius 1 is 1.24 bits per heavy atom. The van der Waals surface area contributed by atoms with E-state index in [0.29, 0.717) is 6.04 Å². The molecule has 0 atom stereocenters. The van der Waals surface area contributed by atoms with Gasteiger partial charge in [0.05, 0.1) is 22.8 Å². The zero-order chi connectivity index (χ0) is 15.0. The topological polar surface area (TPSA) is 47.1 Å². The molecule has 2 heterocycles. The molecule has 0 bridgehead atoms. The third kappa shape index (κ3) is 2.78. The highest BCUT2D eigenvalue weighted by Gasteiger charge is 2.22. The second-order valence-corrected chi connectivity index (χ2v) is 6.17. The normalized spacial score (nSPS) is 16.5. The number of hydrogen-bond donors (Lipinski definition) is 1. The fourth-order valence-electron chi connectivity index (χ4n) is 3.07. The predicted octanol–water partition coefficient (Wildman–Crippen LogP) is 3.07. The first-order chi connectivity index (χ1) is 10.1. The minimum Gasteiger partial charge on any atom is -0.368 e. The highest BCUT2D eigenvalue weighted by Crippen LogP contribution is 2.29. The third-order valence-corrected chi connectivity index (χ3v) is 4.40. The van der Waals surface area contributed by atoms with Gasteiger partial charge in [-0.1, -0.05) is 17.7 Å². The molecule has 1 fully saturated rings. The van der Waals surface area contributed by atoms with Crippen molar-refractivity contribution in [1.82, 2.24) is 9.78 Å². The van der Waals surface area contributed by atoms with E-state index in [4.69, 9.17) is 22.4 Å². The average Bonchev–Trinajstić information content (AvgIpc) is 2.75. The number of rotatable bonds is 2. The molecule has 112 valence electrons. The number of nitrogens with zero attached hydrogens (tertiary/aromatic N) is 3. The van der Waals surface area contributed by atoms with Crippen molar-refractivity contribution >= 4 is 17.3 Å². The van der Waals surface area contributed by atoms with Gasteiger partial charge < -0.3 is 10.6 Å². The van der Waals surface area contributed by atoms with Gasteiger partial charge in [0.25, 0.3) is 0 Å². The Hall–Kier alpha value is -1.52. The van der Waals surface area contributed by atoms with Gasteiger partial charge in [-0.05, 0) is 44.9 Å². The number of benzene rings is 1. The van der Waals surface area contributed by atoms with Crippen molar-refractivity contribution in [3.8, 4) is 5.69 Å². The molecule has 2 aromatic rings. The Morgan fingerprint density at radius 3 is 2.62 bits per heavy atom. The van der Waals surface area contributed by atoms with E-state index >= 15 is 0 Å². The first-order valence-electron chi connectivity index (χ1n) is 7.39. The largest absolute Gasteiger partial charge is 0.368 e.